The van der Waals surface area contributed by atoms with Crippen LogP contribution in [0.4, 0.5) is 4.39 Å². The number of nitrogens with one attached hydrogen (secondary N) is 1. The first-order chi connectivity index (χ1) is 12.6. The minimum absolute atomic E-state index is 0.146. The number of nitrogens with zero attached hydrogens (tertiary/aromatic N) is 2. The third-order valence-electron chi connectivity index (χ3n) is 5.28. The van der Waals surface area contributed by atoms with Crippen molar-refractivity contribution in [2.45, 2.75) is 44.2 Å². The third-order valence-corrected chi connectivity index (χ3v) is 5.28. The van der Waals surface area contributed by atoms with Crippen LogP contribution in [-0.4, -0.2) is 27.3 Å². The van der Waals surface area contributed by atoms with Crippen molar-refractivity contribution in [2.75, 3.05) is 0 Å². The maximum Gasteiger partial charge on any atom is 0.307 e. The van der Waals surface area contributed by atoms with E-state index in [0.717, 1.165) is 36.9 Å². The molecule has 1 aliphatic heterocycles. The Morgan fingerprint density at radius 2 is 2.04 bits per heavy atom. The van der Waals surface area contributed by atoms with Crippen LogP contribution in [0.5, 0.6) is 0 Å². The quantitative estimate of drug-likeness (QED) is 0.854. The molecule has 1 aromatic carbocycles. The van der Waals surface area contributed by atoms with E-state index >= 15 is 0 Å². The zero-order valence-corrected chi connectivity index (χ0v) is 14.3. The van der Waals surface area contributed by atoms with E-state index in [1.165, 1.54) is 12.1 Å². The van der Waals surface area contributed by atoms with Crippen molar-refractivity contribution in [1.82, 2.24) is 15.1 Å². The number of aromatic nitrogens is 2. The molecule has 4 rings (SSSR count). The molecule has 1 aromatic heterocycles. The Kier molecular flexibility index (Phi) is 4.22. The Bertz CT molecular complexity index is 825. The predicted octanol–water partition coefficient (Wildman–Crippen LogP) is 2.50. The standard InChI is InChI=1S/C19H20FN3O3/c20-14-3-5-15(6-4-14)23-12-13(11-22-23)10-21-18(25)16-9-17(24)26-19(16)7-1-2-8-19/h3-6,11-12,16H,1-2,7-10H2,(H,21,25)/t16-/m0/s1. The summed E-state index contributed by atoms with van der Waals surface area (Å²) in [5, 5.41) is 7.14. The third kappa shape index (κ3) is 3.09. The van der Waals surface area contributed by atoms with Gasteiger partial charge in [-0.25, -0.2) is 9.07 Å². The van der Waals surface area contributed by atoms with Crippen LogP contribution in [0.2, 0.25) is 0 Å². The van der Waals surface area contributed by atoms with Crippen molar-refractivity contribution in [3.05, 3.63) is 48.0 Å². The molecule has 1 aliphatic carbocycles. The molecule has 2 heterocycles. The molecule has 1 amide bonds. The summed E-state index contributed by atoms with van der Waals surface area (Å²) < 4.78 is 20.2. The number of hydrogen-bond acceptors (Lipinski definition) is 4. The van der Waals surface area contributed by atoms with Crippen LogP contribution >= 0.6 is 0 Å². The fourth-order valence-electron chi connectivity index (χ4n) is 3.95. The number of benzene rings is 1. The van der Waals surface area contributed by atoms with E-state index in [4.69, 9.17) is 4.74 Å². The molecule has 1 atom stereocenters. The Hall–Kier alpha value is -2.70. The Morgan fingerprint density at radius 1 is 1.31 bits per heavy atom. The Labute approximate surface area is 150 Å². The van der Waals surface area contributed by atoms with E-state index in [-0.39, 0.29) is 24.1 Å². The second kappa shape index (κ2) is 6.55. The van der Waals surface area contributed by atoms with Crippen LogP contribution in [0, 0.1) is 11.7 Å². The van der Waals surface area contributed by atoms with Gasteiger partial charge in [0.05, 0.1) is 24.2 Å². The number of amides is 1. The number of halogens is 1. The van der Waals surface area contributed by atoms with Crippen LogP contribution in [0.15, 0.2) is 36.7 Å². The van der Waals surface area contributed by atoms with Gasteiger partial charge in [-0.3, -0.25) is 9.59 Å². The maximum absolute atomic E-state index is 13.0. The summed E-state index contributed by atoms with van der Waals surface area (Å²) in [6.07, 6.45) is 7.10. The molecule has 6 nitrogen and oxygen atoms in total. The van der Waals surface area contributed by atoms with Crippen LogP contribution in [0.3, 0.4) is 0 Å². The van der Waals surface area contributed by atoms with Crippen LogP contribution < -0.4 is 5.32 Å². The molecular weight excluding hydrogens is 337 g/mol. The first kappa shape index (κ1) is 16.8. The van der Waals surface area contributed by atoms with Crippen LogP contribution in [-0.2, 0) is 20.9 Å². The van der Waals surface area contributed by atoms with Gasteiger partial charge in [0, 0.05) is 18.3 Å². The molecule has 136 valence electrons. The SMILES string of the molecule is O=C1C[C@@H](C(=O)NCc2cnn(-c3ccc(F)cc3)c2)C2(CCCC2)O1. The number of hydrogen-bond donors (Lipinski definition) is 1. The van der Waals surface area contributed by atoms with Gasteiger partial charge < -0.3 is 10.1 Å². The molecule has 1 saturated heterocycles. The molecule has 0 bridgehead atoms. The normalized spacial score (nSPS) is 21.1. The van der Waals surface area contributed by atoms with E-state index in [2.05, 4.69) is 10.4 Å². The summed E-state index contributed by atoms with van der Waals surface area (Å²) in [4.78, 5) is 24.4. The van der Waals surface area contributed by atoms with Crippen molar-refractivity contribution >= 4 is 11.9 Å². The van der Waals surface area contributed by atoms with Crippen LogP contribution in [0.1, 0.15) is 37.7 Å². The smallest absolute Gasteiger partial charge is 0.307 e. The average molecular weight is 357 g/mol. The highest BCUT2D eigenvalue weighted by molar-refractivity contribution is 5.87. The molecule has 2 fully saturated rings. The fourth-order valence-corrected chi connectivity index (χ4v) is 3.95. The monoisotopic (exact) mass is 357 g/mol. The van der Waals surface area contributed by atoms with Crippen molar-refractivity contribution in [3.8, 4) is 5.69 Å². The summed E-state index contributed by atoms with van der Waals surface area (Å²) in [5.74, 6) is -1.14. The van der Waals surface area contributed by atoms with E-state index < -0.39 is 11.5 Å². The molecule has 2 aliphatic rings. The maximum atomic E-state index is 13.0. The largest absolute Gasteiger partial charge is 0.458 e. The van der Waals surface area contributed by atoms with Gasteiger partial charge >= 0.3 is 5.97 Å². The minimum Gasteiger partial charge on any atom is -0.458 e. The average Bonchev–Trinajstić information content (AvgIpc) is 3.35. The van der Waals surface area contributed by atoms with E-state index in [0.29, 0.717) is 6.54 Å². The molecule has 7 heteroatoms. The van der Waals surface area contributed by atoms with Gasteiger partial charge in [-0.15, -0.1) is 0 Å². The van der Waals surface area contributed by atoms with Crippen molar-refractivity contribution < 1.29 is 18.7 Å². The first-order valence-corrected chi connectivity index (χ1v) is 8.85. The molecule has 1 spiro atoms. The molecular formula is C19H20FN3O3. The topological polar surface area (TPSA) is 73.2 Å². The highest BCUT2D eigenvalue weighted by atomic mass is 19.1. The number of ether oxygens (including phenoxy) is 1. The summed E-state index contributed by atoms with van der Waals surface area (Å²) in [5.41, 5.74) is 0.969. The lowest BCUT2D eigenvalue weighted by Crippen LogP contribution is -2.42. The zero-order chi connectivity index (χ0) is 18.1. The predicted molar refractivity (Wildman–Crippen MR) is 90.8 cm³/mol. The summed E-state index contributed by atoms with van der Waals surface area (Å²) >= 11 is 0. The minimum atomic E-state index is -0.598. The number of carbonyl (C=O) groups excluding carboxylic acids is 2. The molecule has 26 heavy (non-hydrogen) atoms. The highest BCUT2D eigenvalue weighted by Crippen LogP contribution is 2.45. The lowest BCUT2D eigenvalue weighted by Gasteiger charge is -2.27. The van der Waals surface area contributed by atoms with E-state index in [1.54, 1.807) is 29.2 Å². The number of esters is 1. The van der Waals surface area contributed by atoms with Gasteiger partial charge in [0.25, 0.3) is 0 Å². The molecule has 0 radical (unpaired) electrons. The van der Waals surface area contributed by atoms with Gasteiger partial charge in [0.2, 0.25) is 5.91 Å². The van der Waals surface area contributed by atoms with Gasteiger partial charge in [-0.2, -0.15) is 5.10 Å². The summed E-state index contributed by atoms with van der Waals surface area (Å²) in [7, 11) is 0. The second-order valence-electron chi connectivity index (χ2n) is 6.99. The first-order valence-electron chi connectivity index (χ1n) is 8.85. The molecule has 1 N–H and O–H groups in total. The van der Waals surface area contributed by atoms with Crippen molar-refractivity contribution in [3.63, 3.8) is 0 Å². The molecule has 1 saturated carbocycles. The lowest BCUT2D eigenvalue weighted by atomic mass is 9.85. The fraction of sp³-hybridized carbons (Fsp3) is 0.421. The van der Waals surface area contributed by atoms with Gasteiger partial charge in [-0.1, -0.05) is 0 Å². The summed E-state index contributed by atoms with van der Waals surface area (Å²) in [6, 6.07) is 6.01. The second-order valence-corrected chi connectivity index (χ2v) is 6.99. The van der Waals surface area contributed by atoms with Gasteiger partial charge in [-0.05, 0) is 49.9 Å². The Morgan fingerprint density at radius 3 is 2.77 bits per heavy atom. The van der Waals surface area contributed by atoms with Crippen LogP contribution in [0.25, 0.3) is 5.69 Å². The van der Waals surface area contributed by atoms with Gasteiger partial charge in [0.1, 0.15) is 11.4 Å². The van der Waals surface area contributed by atoms with E-state index in [9.17, 15) is 14.0 Å². The lowest BCUT2D eigenvalue weighted by molar-refractivity contribution is -0.149. The highest BCUT2D eigenvalue weighted by Gasteiger charge is 2.53. The summed E-state index contributed by atoms with van der Waals surface area (Å²) in [6.45, 7) is 0.320. The number of carbonyl (C=O) groups is 2. The van der Waals surface area contributed by atoms with Gasteiger partial charge in [0.15, 0.2) is 0 Å². The zero-order valence-electron chi connectivity index (χ0n) is 14.3. The Balaban J connectivity index is 1.40. The molecule has 0 unspecified atom stereocenters. The van der Waals surface area contributed by atoms with Crippen molar-refractivity contribution in [2.24, 2.45) is 5.92 Å². The molecule has 2 aromatic rings. The van der Waals surface area contributed by atoms with E-state index in [1.807, 2.05) is 0 Å². The van der Waals surface area contributed by atoms with Crippen molar-refractivity contribution in [1.29, 1.82) is 0 Å². The number of rotatable bonds is 4.